The lowest BCUT2D eigenvalue weighted by Gasteiger charge is -2.14. The number of hydrogen-bond donors (Lipinski definition) is 0. The highest BCUT2D eigenvalue weighted by molar-refractivity contribution is 5.38. The van der Waals surface area contributed by atoms with Gasteiger partial charge in [0.1, 0.15) is 5.75 Å². The second kappa shape index (κ2) is 6.69. The lowest BCUT2D eigenvalue weighted by atomic mass is 10.0. The zero-order valence-electron chi connectivity index (χ0n) is 12.4. The summed E-state index contributed by atoms with van der Waals surface area (Å²) in [6, 6.07) is 3.71. The van der Waals surface area contributed by atoms with E-state index in [1.807, 2.05) is 13.8 Å². The first-order chi connectivity index (χ1) is 9.95. The molecule has 0 N–H and O–H groups in total. The molecule has 2 unspecified atom stereocenters. The highest BCUT2D eigenvalue weighted by Gasteiger charge is 2.36. The third-order valence-corrected chi connectivity index (χ3v) is 3.64. The van der Waals surface area contributed by atoms with Crippen LogP contribution in [0.25, 0.3) is 0 Å². The molecular weight excluding hydrogens is 281 g/mol. The van der Waals surface area contributed by atoms with E-state index in [0.29, 0.717) is 24.3 Å². The molecule has 2 atom stereocenters. The van der Waals surface area contributed by atoms with Gasteiger partial charge in [-0.15, -0.1) is 0 Å². The minimum Gasteiger partial charge on any atom is -0.493 e. The summed E-state index contributed by atoms with van der Waals surface area (Å²) >= 11 is 0. The van der Waals surface area contributed by atoms with Gasteiger partial charge in [-0.05, 0) is 49.4 Å². The van der Waals surface area contributed by atoms with E-state index in [-0.39, 0.29) is 12.2 Å². The molecule has 2 rings (SSSR count). The van der Waals surface area contributed by atoms with Gasteiger partial charge in [0.25, 0.3) is 0 Å². The van der Waals surface area contributed by atoms with Gasteiger partial charge in [0.15, 0.2) is 0 Å². The van der Waals surface area contributed by atoms with Gasteiger partial charge in [-0.1, -0.05) is 13.8 Å². The third kappa shape index (κ3) is 4.37. The molecule has 0 aliphatic carbocycles. The van der Waals surface area contributed by atoms with Crippen LogP contribution in [0.1, 0.15) is 44.2 Å². The molecule has 2 nitrogen and oxygen atoms in total. The standard InChI is InChI=1S/C16H21F3O2/c1-3-9-20-14-8-6-12(16(17,18)19)10-11(14)5-7-15-13(4-2)21-15/h6,8,10,13,15H,3-5,7,9H2,1-2H3. The average Bonchev–Trinajstić information content (AvgIpc) is 3.21. The normalized spacial score (nSPS) is 21.4. The highest BCUT2D eigenvalue weighted by Crippen LogP contribution is 2.35. The van der Waals surface area contributed by atoms with Gasteiger partial charge in [0, 0.05) is 0 Å². The van der Waals surface area contributed by atoms with Crippen molar-refractivity contribution in [2.45, 2.75) is 57.9 Å². The van der Waals surface area contributed by atoms with Crippen LogP contribution in [0.2, 0.25) is 0 Å². The van der Waals surface area contributed by atoms with Crippen molar-refractivity contribution in [1.82, 2.24) is 0 Å². The largest absolute Gasteiger partial charge is 0.493 e. The van der Waals surface area contributed by atoms with Crippen LogP contribution in [0.4, 0.5) is 13.2 Å². The Labute approximate surface area is 123 Å². The number of ether oxygens (including phenoxy) is 2. The van der Waals surface area contributed by atoms with Crippen LogP contribution in [-0.4, -0.2) is 18.8 Å². The second-order valence-corrected chi connectivity index (χ2v) is 5.33. The Morgan fingerprint density at radius 1 is 1.19 bits per heavy atom. The van der Waals surface area contributed by atoms with Crippen LogP contribution in [0.3, 0.4) is 0 Å². The SMILES string of the molecule is CCCOc1ccc(C(F)(F)F)cc1CCC1OC1CC. The summed E-state index contributed by atoms with van der Waals surface area (Å²) in [4.78, 5) is 0. The smallest absolute Gasteiger partial charge is 0.416 e. The van der Waals surface area contributed by atoms with Crippen molar-refractivity contribution in [3.63, 3.8) is 0 Å². The van der Waals surface area contributed by atoms with Crippen molar-refractivity contribution < 1.29 is 22.6 Å². The topological polar surface area (TPSA) is 21.8 Å². The fraction of sp³-hybridized carbons (Fsp3) is 0.625. The number of halogens is 3. The summed E-state index contributed by atoms with van der Waals surface area (Å²) in [5, 5.41) is 0. The molecule has 118 valence electrons. The molecule has 1 heterocycles. The summed E-state index contributed by atoms with van der Waals surface area (Å²) in [5.74, 6) is 0.554. The van der Waals surface area contributed by atoms with Crippen LogP contribution in [-0.2, 0) is 17.3 Å². The van der Waals surface area contributed by atoms with Gasteiger partial charge in [-0.2, -0.15) is 13.2 Å². The van der Waals surface area contributed by atoms with Crippen molar-refractivity contribution in [1.29, 1.82) is 0 Å². The Kier molecular flexibility index (Phi) is 5.14. The highest BCUT2D eigenvalue weighted by atomic mass is 19.4. The van der Waals surface area contributed by atoms with Gasteiger partial charge < -0.3 is 9.47 Å². The molecule has 21 heavy (non-hydrogen) atoms. The van der Waals surface area contributed by atoms with E-state index in [2.05, 4.69) is 0 Å². The van der Waals surface area contributed by atoms with E-state index < -0.39 is 11.7 Å². The van der Waals surface area contributed by atoms with E-state index in [9.17, 15) is 13.2 Å². The summed E-state index contributed by atoms with van der Waals surface area (Å²) in [7, 11) is 0. The van der Waals surface area contributed by atoms with Gasteiger partial charge in [0.05, 0.1) is 24.4 Å². The van der Waals surface area contributed by atoms with E-state index in [4.69, 9.17) is 9.47 Å². The molecule has 0 aromatic heterocycles. The number of hydrogen-bond acceptors (Lipinski definition) is 2. The van der Waals surface area contributed by atoms with Gasteiger partial charge in [-0.3, -0.25) is 0 Å². The molecule has 0 spiro atoms. The van der Waals surface area contributed by atoms with Crippen LogP contribution < -0.4 is 4.74 Å². The van der Waals surface area contributed by atoms with Crippen molar-refractivity contribution >= 4 is 0 Å². The Hall–Kier alpha value is -1.23. The maximum absolute atomic E-state index is 12.8. The van der Waals surface area contributed by atoms with E-state index in [0.717, 1.165) is 25.3 Å². The van der Waals surface area contributed by atoms with Crippen LogP contribution >= 0.6 is 0 Å². The van der Waals surface area contributed by atoms with Crippen molar-refractivity contribution in [2.24, 2.45) is 0 Å². The van der Waals surface area contributed by atoms with Gasteiger partial charge in [-0.25, -0.2) is 0 Å². The molecule has 1 aromatic rings. The first-order valence-corrected chi connectivity index (χ1v) is 7.44. The summed E-state index contributed by atoms with van der Waals surface area (Å²) in [5.41, 5.74) is -0.00580. The predicted molar refractivity (Wildman–Crippen MR) is 74.5 cm³/mol. The van der Waals surface area contributed by atoms with Gasteiger partial charge >= 0.3 is 6.18 Å². The first kappa shape index (κ1) is 16.1. The average molecular weight is 302 g/mol. The van der Waals surface area contributed by atoms with Crippen molar-refractivity contribution in [3.8, 4) is 5.75 Å². The second-order valence-electron chi connectivity index (χ2n) is 5.33. The maximum Gasteiger partial charge on any atom is 0.416 e. The molecule has 1 aliphatic heterocycles. The Morgan fingerprint density at radius 2 is 1.95 bits per heavy atom. The lowest BCUT2D eigenvalue weighted by Crippen LogP contribution is -2.08. The minimum atomic E-state index is -4.32. The number of epoxide rings is 1. The Balaban J connectivity index is 2.09. The molecule has 1 aromatic carbocycles. The molecule has 0 bridgehead atoms. The molecule has 0 amide bonds. The molecule has 1 fully saturated rings. The van der Waals surface area contributed by atoms with E-state index >= 15 is 0 Å². The van der Waals surface area contributed by atoms with Crippen molar-refractivity contribution in [2.75, 3.05) is 6.61 Å². The number of aryl methyl sites for hydroxylation is 1. The summed E-state index contributed by atoms with van der Waals surface area (Å²) in [6.45, 7) is 4.52. The summed E-state index contributed by atoms with van der Waals surface area (Å²) in [6.07, 6.45) is -0.803. The molecular formula is C16H21F3O2. The number of rotatable bonds is 7. The van der Waals surface area contributed by atoms with Crippen LogP contribution in [0.15, 0.2) is 18.2 Å². The Bertz CT molecular complexity index is 471. The van der Waals surface area contributed by atoms with E-state index in [1.54, 1.807) is 0 Å². The zero-order valence-corrected chi connectivity index (χ0v) is 12.4. The van der Waals surface area contributed by atoms with E-state index in [1.165, 1.54) is 12.1 Å². The number of benzene rings is 1. The van der Waals surface area contributed by atoms with Gasteiger partial charge in [0.2, 0.25) is 0 Å². The summed E-state index contributed by atoms with van der Waals surface area (Å²) < 4.78 is 49.4. The predicted octanol–water partition coefficient (Wildman–Crippen LogP) is 4.60. The maximum atomic E-state index is 12.8. The molecule has 0 saturated carbocycles. The minimum absolute atomic E-state index is 0.184. The Morgan fingerprint density at radius 3 is 2.52 bits per heavy atom. The first-order valence-electron chi connectivity index (χ1n) is 7.44. The third-order valence-electron chi connectivity index (χ3n) is 3.64. The van der Waals surface area contributed by atoms with Crippen LogP contribution in [0.5, 0.6) is 5.75 Å². The van der Waals surface area contributed by atoms with Crippen molar-refractivity contribution in [3.05, 3.63) is 29.3 Å². The quantitative estimate of drug-likeness (QED) is 0.686. The number of alkyl halides is 3. The fourth-order valence-corrected chi connectivity index (χ4v) is 2.39. The zero-order chi connectivity index (χ0) is 15.5. The lowest BCUT2D eigenvalue weighted by molar-refractivity contribution is -0.137. The fourth-order valence-electron chi connectivity index (χ4n) is 2.39. The molecule has 1 saturated heterocycles. The molecule has 1 aliphatic rings. The van der Waals surface area contributed by atoms with Crippen LogP contribution in [0, 0.1) is 0 Å². The molecule has 0 radical (unpaired) electrons. The molecule has 5 heteroatoms. The monoisotopic (exact) mass is 302 g/mol.